The van der Waals surface area contributed by atoms with Crippen molar-refractivity contribution in [3.63, 3.8) is 0 Å². The molecule has 0 saturated carbocycles. The highest BCUT2D eigenvalue weighted by atomic mass is 31.2. The van der Waals surface area contributed by atoms with E-state index in [1.54, 1.807) is 5.82 Å². The molecule has 1 aromatic rings. The van der Waals surface area contributed by atoms with Gasteiger partial charge in [-0.1, -0.05) is 43.7 Å². The van der Waals surface area contributed by atoms with Crippen molar-refractivity contribution in [2.45, 2.75) is 33.6 Å². The number of hydrogen-bond acceptors (Lipinski definition) is 3. The summed E-state index contributed by atoms with van der Waals surface area (Å²) in [6.07, 6.45) is 1.84. The monoisotopic (exact) mass is 282 g/mol. The van der Waals surface area contributed by atoms with Gasteiger partial charge in [-0.05, 0) is 31.4 Å². The smallest absolute Gasteiger partial charge is 0.306 e. The summed E-state index contributed by atoms with van der Waals surface area (Å²) in [6.45, 7) is 6.50. The van der Waals surface area contributed by atoms with Gasteiger partial charge < -0.3 is 9.05 Å². The van der Waals surface area contributed by atoms with E-state index in [2.05, 4.69) is 6.92 Å². The molecule has 0 bridgehead atoms. The van der Waals surface area contributed by atoms with Crippen LogP contribution in [0.1, 0.15) is 39.2 Å². The van der Waals surface area contributed by atoms with Crippen LogP contribution in [-0.4, -0.2) is 13.2 Å². The van der Waals surface area contributed by atoms with Crippen molar-refractivity contribution in [3.8, 4) is 0 Å². The van der Waals surface area contributed by atoms with E-state index in [-0.39, 0.29) is 0 Å². The molecule has 19 heavy (non-hydrogen) atoms. The first-order valence-corrected chi connectivity index (χ1v) is 8.42. The summed E-state index contributed by atoms with van der Waals surface area (Å²) >= 11 is 0. The highest BCUT2D eigenvalue weighted by molar-refractivity contribution is 7.57. The molecule has 0 aromatic heterocycles. The van der Waals surface area contributed by atoms with E-state index in [0.29, 0.717) is 13.2 Å². The van der Waals surface area contributed by atoms with Gasteiger partial charge >= 0.3 is 7.60 Å². The molecule has 0 radical (unpaired) electrons. The van der Waals surface area contributed by atoms with Crippen LogP contribution in [0.15, 0.2) is 36.1 Å². The number of hydrogen-bond donors (Lipinski definition) is 0. The highest BCUT2D eigenvalue weighted by Gasteiger charge is 2.21. The quantitative estimate of drug-likeness (QED) is 0.623. The third kappa shape index (κ3) is 5.32. The van der Waals surface area contributed by atoms with E-state index >= 15 is 0 Å². The normalized spacial score (nSPS) is 12.7. The maximum absolute atomic E-state index is 12.6. The summed E-state index contributed by atoms with van der Waals surface area (Å²) in [5, 5.41) is 0. The van der Waals surface area contributed by atoms with Crippen LogP contribution in [0, 0.1) is 0 Å². The van der Waals surface area contributed by atoms with Crippen LogP contribution in [0.25, 0.3) is 5.57 Å². The lowest BCUT2D eigenvalue weighted by molar-refractivity contribution is 0.229. The van der Waals surface area contributed by atoms with Crippen molar-refractivity contribution in [2.24, 2.45) is 0 Å². The van der Waals surface area contributed by atoms with Crippen LogP contribution in [-0.2, 0) is 13.6 Å². The standard InChI is InChI=1S/C15H23O3P/c1-4-10-15(14-11-8-7-9-12-14)13-19(16,17-5-2)18-6-3/h7-9,11-13H,4-6,10H2,1-3H3/b15-13+. The molecule has 0 spiro atoms. The van der Waals surface area contributed by atoms with Crippen molar-refractivity contribution < 1.29 is 13.6 Å². The Balaban J connectivity index is 3.08. The maximum Gasteiger partial charge on any atom is 0.354 e. The predicted molar refractivity (Wildman–Crippen MR) is 80.2 cm³/mol. The summed E-state index contributed by atoms with van der Waals surface area (Å²) in [7, 11) is -3.13. The average molecular weight is 282 g/mol. The molecule has 3 nitrogen and oxygen atoms in total. The maximum atomic E-state index is 12.6. The van der Waals surface area contributed by atoms with Crippen LogP contribution >= 0.6 is 7.60 Å². The summed E-state index contributed by atoms with van der Waals surface area (Å²) < 4.78 is 23.2. The second kappa shape index (κ2) is 8.31. The van der Waals surface area contributed by atoms with E-state index < -0.39 is 7.60 Å². The van der Waals surface area contributed by atoms with Gasteiger partial charge in [-0.2, -0.15) is 0 Å². The minimum absolute atomic E-state index is 0.377. The minimum atomic E-state index is -3.13. The molecule has 0 amide bonds. The zero-order valence-corrected chi connectivity index (χ0v) is 12.9. The molecule has 0 unspecified atom stereocenters. The number of allylic oxidation sites excluding steroid dienone is 1. The lowest BCUT2D eigenvalue weighted by Crippen LogP contribution is -1.95. The summed E-state index contributed by atoms with van der Waals surface area (Å²) in [5.41, 5.74) is 2.09. The van der Waals surface area contributed by atoms with Gasteiger partial charge in [-0.15, -0.1) is 0 Å². The molecule has 1 aromatic carbocycles. The fraction of sp³-hybridized carbons (Fsp3) is 0.467. The topological polar surface area (TPSA) is 35.5 Å². The largest absolute Gasteiger partial charge is 0.354 e. The number of benzene rings is 1. The van der Waals surface area contributed by atoms with E-state index in [1.165, 1.54) is 0 Å². The van der Waals surface area contributed by atoms with Gasteiger partial charge in [0.1, 0.15) is 0 Å². The van der Waals surface area contributed by atoms with Crippen LogP contribution in [0.2, 0.25) is 0 Å². The lowest BCUT2D eigenvalue weighted by Gasteiger charge is -2.15. The van der Waals surface area contributed by atoms with Crippen molar-refractivity contribution in [1.82, 2.24) is 0 Å². The molecule has 0 atom stereocenters. The van der Waals surface area contributed by atoms with Crippen molar-refractivity contribution in [3.05, 3.63) is 41.7 Å². The second-order valence-electron chi connectivity index (χ2n) is 4.15. The van der Waals surface area contributed by atoms with Crippen LogP contribution in [0.5, 0.6) is 0 Å². The first kappa shape index (κ1) is 16.2. The highest BCUT2D eigenvalue weighted by Crippen LogP contribution is 2.52. The Bertz CT molecular complexity index is 430. The molecule has 1 rings (SSSR count). The van der Waals surface area contributed by atoms with E-state index in [9.17, 15) is 4.57 Å². The van der Waals surface area contributed by atoms with Gasteiger partial charge in [-0.25, -0.2) is 0 Å². The Morgan fingerprint density at radius 2 is 1.68 bits per heavy atom. The zero-order chi connectivity index (χ0) is 14.1. The fourth-order valence-electron chi connectivity index (χ4n) is 1.87. The summed E-state index contributed by atoms with van der Waals surface area (Å²) in [5.74, 6) is 1.68. The lowest BCUT2D eigenvalue weighted by atomic mass is 10.0. The Kier molecular flexibility index (Phi) is 7.07. The zero-order valence-electron chi connectivity index (χ0n) is 12.0. The van der Waals surface area contributed by atoms with Crippen LogP contribution < -0.4 is 0 Å². The molecular weight excluding hydrogens is 259 g/mol. The predicted octanol–water partition coefficient (Wildman–Crippen LogP) is 5.09. The second-order valence-corrected chi connectivity index (χ2v) is 6.00. The fourth-order valence-corrected chi connectivity index (χ4v) is 3.47. The van der Waals surface area contributed by atoms with Gasteiger partial charge in [0.05, 0.1) is 13.2 Å². The average Bonchev–Trinajstić information content (AvgIpc) is 2.40. The first-order chi connectivity index (χ1) is 9.15. The van der Waals surface area contributed by atoms with Crippen molar-refractivity contribution in [2.75, 3.05) is 13.2 Å². The Hall–Kier alpha value is -0.890. The van der Waals surface area contributed by atoms with Crippen LogP contribution in [0.4, 0.5) is 0 Å². The minimum Gasteiger partial charge on any atom is -0.306 e. The molecule has 0 heterocycles. The molecule has 106 valence electrons. The SMILES string of the molecule is CCC/C(=C\P(=O)(OCC)OCC)c1ccccc1. The van der Waals surface area contributed by atoms with Gasteiger partial charge in [0.15, 0.2) is 0 Å². The molecule has 0 N–H and O–H groups in total. The van der Waals surface area contributed by atoms with Gasteiger partial charge in [0, 0.05) is 5.82 Å². The first-order valence-electron chi connectivity index (χ1n) is 6.81. The van der Waals surface area contributed by atoms with Crippen molar-refractivity contribution >= 4 is 13.2 Å². The molecule has 4 heteroatoms. The summed E-state index contributed by atoms with van der Waals surface area (Å²) in [4.78, 5) is 0. The Morgan fingerprint density at radius 3 is 2.16 bits per heavy atom. The molecule has 0 aliphatic carbocycles. The van der Waals surface area contributed by atoms with E-state index in [4.69, 9.17) is 9.05 Å². The molecule has 0 saturated heterocycles. The van der Waals surface area contributed by atoms with Gasteiger partial charge in [-0.3, -0.25) is 4.57 Å². The van der Waals surface area contributed by atoms with E-state index in [0.717, 1.165) is 24.0 Å². The molecule has 0 fully saturated rings. The van der Waals surface area contributed by atoms with Gasteiger partial charge in [0.25, 0.3) is 0 Å². The Morgan fingerprint density at radius 1 is 1.11 bits per heavy atom. The molecule has 0 aliphatic rings. The van der Waals surface area contributed by atoms with E-state index in [1.807, 2.05) is 44.2 Å². The number of rotatable bonds is 8. The van der Waals surface area contributed by atoms with Crippen LogP contribution in [0.3, 0.4) is 0 Å². The third-order valence-corrected chi connectivity index (χ3v) is 4.46. The molecular formula is C15H23O3P. The summed E-state index contributed by atoms with van der Waals surface area (Å²) in [6, 6.07) is 9.96. The van der Waals surface area contributed by atoms with Gasteiger partial charge in [0.2, 0.25) is 0 Å². The third-order valence-electron chi connectivity index (χ3n) is 2.60. The Labute approximate surface area is 116 Å². The van der Waals surface area contributed by atoms with Crippen molar-refractivity contribution in [1.29, 1.82) is 0 Å². The molecule has 0 aliphatic heterocycles.